The Morgan fingerprint density at radius 1 is 1.40 bits per heavy atom. The second-order valence-electron chi connectivity index (χ2n) is 4.37. The molecule has 0 fully saturated rings. The van der Waals surface area contributed by atoms with Crippen LogP contribution in [0.2, 0.25) is 0 Å². The maximum Gasteiger partial charge on any atom is 0.305 e. The fourth-order valence-electron chi connectivity index (χ4n) is 1.86. The third-order valence-corrected chi connectivity index (χ3v) is 3.09. The van der Waals surface area contributed by atoms with E-state index >= 15 is 0 Å². The first-order valence-corrected chi connectivity index (χ1v) is 6.82. The number of rotatable bonds is 9. The van der Waals surface area contributed by atoms with Crippen LogP contribution in [0.3, 0.4) is 0 Å². The summed E-state index contributed by atoms with van der Waals surface area (Å²) in [5.74, 6) is -1.13. The number of amides is 1. The van der Waals surface area contributed by atoms with Gasteiger partial charge >= 0.3 is 5.97 Å². The summed E-state index contributed by atoms with van der Waals surface area (Å²) in [7, 11) is 0. The highest BCUT2D eigenvalue weighted by molar-refractivity contribution is 5.92. The summed E-state index contributed by atoms with van der Waals surface area (Å²) >= 11 is 0. The van der Waals surface area contributed by atoms with Crippen LogP contribution in [-0.2, 0) is 11.3 Å². The molecule has 0 unspecified atom stereocenters. The summed E-state index contributed by atoms with van der Waals surface area (Å²) in [4.78, 5) is 24.7. The van der Waals surface area contributed by atoms with Crippen molar-refractivity contribution in [2.45, 2.75) is 26.8 Å². The van der Waals surface area contributed by atoms with E-state index in [1.54, 1.807) is 6.07 Å². The zero-order valence-electron chi connectivity index (χ0n) is 12.0. The van der Waals surface area contributed by atoms with Gasteiger partial charge in [-0.25, -0.2) is 0 Å². The third kappa shape index (κ3) is 5.00. The number of hydrogen-bond donors (Lipinski definition) is 2. The molecule has 112 valence electrons. The van der Waals surface area contributed by atoms with E-state index < -0.39 is 5.97 Å². The van der Waals surface area contributed by atoms with Gasteiger partial charge in [-0.05, 0) is 19.2 Å². The summed E-state index contributed by atoms with van der Waals surface area (Å²) in [6, 6.07) is 1.59. The molecule has 2 N–H and O–H groups in total. The minimum atomic E-state index is -0.909. The molecule has 20 heavy (non-hydrogen) atoms. The maximum atomic E-state index is 12.0. The number of aliphatic carboxylic acids is 1. The van der Waals surface area contributed by atoms with E-state index in [0.29, 0.717) is 12.2 Å². The average molecular weight is 282 g/mol. The Bertz CT molecular complexity index is 441. The number of nitrogens with zero attached hydrogens (tertiary/aromatic N) is 3. The Morgan fingerprint density at radius 2 is 2.10 bits per heavy atom. The first kappa shape index (κ1) is 16.2. The van der Waals surface area contributed by atoms with Gasteiger partial charge in [-0.1, -0.05) is 13.8 Å². The number of hydrogen-bond acceptors (Lipinski definition) is 4. The molecule has 1 aromatic rings. The molecule has 0 atom stereocenters. The van der Waals surface area contributed by atoms with E-state index in [9.17, 15) is 9.59 Å². The van der Waals surface area contributed by atoms with Crippen molar-refractivity contribution in [2.24, 2.45) is 0 Å². The van der Waals surface area contributed by atoms with Crippen LogP contribution < -0.4 is 5.32 Å². The third-order valence-electron chi connectivity index (χ3n) is 3.09. The predicted octanol–water partition coefficient (Wildman–Crippen LogP) is 0.429. The molecule has 0 aliphatic carbocycles. The predicted molar refractivity (Wildman–Crippen MR) is 74.6 cm³/mol. The normalized spacial score (nSPS) is 10.8. The van der Waals surface area contributed by atoms with Gasteiger partial charge in [0, 0.05) is 19.3 Å². The van der Waals surface area contributed by atoms with E-state index in [-0.39, 0.29) is 18.9 Å². The fraction of sp³-hybridized carbons (Fsp3) is 0.615. The van der Waals surface area contributed by atoms with Gasteiger partial charge in [0.15, 0.2) is 0 Å². The topological polar surface area (TPSA) is 87.5 Å². The van der Waals surface area contributed by atoms with Crippen molar-refractivity contribution < 1.29 is 14.7 Å². The lowest BCUT2D eigenvalue weighted by Crippen LogP contribution is -2.35. The average Bonchev–Trinajstić information content (AvgIpc) is 2.89. The zero-order chi connectivity index (χ0) is 15.0. The van der Waals surface area contributed by atoms with Gasteiger partial charge in [-0.3, -0.25) is 14.3 Å². The first-order valence-electron chi connectivity index (χ1n) is 6.82. The number of carboxylic acid groups (broad SMARTS) is 1. The molecule has 1 heterocycles. The molecule has 0 saturated carbocycles. The lowest BCUT2D eigenvalue weighted by atomic mass is 10.3. The molecule has 0 spiro atoms. The van der Waals surface area contributed by atoms with Crippen LogP contribution in [0.15, 0.2) is 12.3 Å². The molecule has 0 aromatic carbocycles. The van der Waals surface area contributed by atoms with Crippen molar-refractivity contribution in [3.8, 4) is 0 Å². The molecular weight excluding hydrogens is 260 g/mol. The van der Waals surface area contributed by atoms with E-state index in [2.05, 4.69) is 29.2 Å². The molecule has 0 aliphatic heterocycles. The molecule has 0 saturated heterocycles. The fourth-order valence-corrected chi connectivity index (χ4v) is 1.86. The molecular formula is C13H22N4O3. The van der Waals surface area contributed by atoms with Crippen molar-refractivity contribution in [1.29, 1.82) is 0 Å². The van der Waals surface area contributed by atoms with Crippen LogP contribution in [0.5, 0.6) is 0 Å². The van der Waals surface area contributed by atoms with Gasteiger partial charge in [0.2, 0.25) is 0 Å². The van der Waals surface area contributed by atoms with Crippen LogP contribution in [0, 0.1) is 0 Å². The Balaban J connectivity index is 2.47. The van der Waals surface area contributed by atoms with Gasteiger partial charge in [0.1, 0.15) is 5.69 Å². The lowest BCUT2D eigenvalue weighted by Gasteiger charge is -2.18. The largest absolute Gasteiger partial charge is 0.481 e. The number of carbonyl (C=O) groups excluding carboxylic acids is 1. The number of likely N-dealkylation sites (N-methyl/N-ethyl adjacent to an activating group) is 1. The van der Waals surface area contributed by atoms with Gasteiger partial charge in [-0.2, -0.15) is 5.10 Å². The summed E-state index contributed by atoms with van der Waals surface area (Å²) in [5, 5.41) is 15.4. The molecule has 7 heteroatoms. The van der Waals surface area contributed by atoms with Crippen LogP contribution in [0.25, 0.3) is 0 Å². The SMILES string of the molecule is CCN(CC)CCNC(=O)c1ccnn1CCC(=O)O. The Morgan fingerprint density at radius 3 is 2.70 bits per heavy atom. The van der Waals surface area contributed by atoms with E-state index in [0.717, 1.165) is 19.6 Å². The highest BCUT2D eigenvalue weighted by Crippen LogP contribution is 2.00. The van der Waals surface area contributed by atoms with E-state index in [4.69, 9.17) is 5.11 Å². The number of nitrogens with one attached hydrogen (secondary N) is 1. The number of carboxylic acids is 1. The van der Waals surface area contributed by atoms with Crippen LogP contribution in [0.1, 0.15) is 30.8 Å². The van der Waals surface area contributed by atoms with Gasteiger partial charge in [0.05, 0.1) is 13.0 Å². The summed E-state index contributed by atoms with van der Waals surface area (Å²) in [6.45, 7) is 7.60. The minimum absolute atomic E-state index is 0.0542. The van der Waals surface area contributed by atoms with Gasteiger partial charge < -0.3 is 15.3 Å². The molecule has 1 amide bonds. The Kier molecular flexibility index (Phi) is 6.72. The molecule has 0 bridgehead atoms. The quantitative estimate of drug-likeness (QED) is 0.686. The summed E-state index contributed by atoms with van der Waals surface area (Å²) in [6.07, 6.45) is 1.45. The summed E-state index contributed by atoms with van der Waals surface area (Å²) in [5.41, 5.74) is 0.394. The van der Waals surface area contributed by atoms with Gasteiger partial charge in [-0.15, -0.1) is 0 Å². The molecule has 1 aromatic heterocycles. The van der Waals surface area contributed by atoms with Crippen LogP contribution in [0.4, 0.5) is 0 Å². The number of aryl methyl sites for hydroxylation is 1. The lowest BCUT2D eigenvalue weighted by molar-refractivity contribution is -0.137. The van der Waals surface area contributed by atoms with Crippen LogP contribution in [-0.4, -0.2) is 57.8 Å². The zero-order valence-corrected chi connectivity index (χ0v) is 12.0. The van der Waals surface area contributed by atoms with Crippen molar-refractivity contribution in [2.75, 3.05) is 26.2 Å². The van der Waals surface area contributed by atoms with Crippen molar-refractivity contribution in [1.82, 2.24) is 20.0 Å². The maximum absolute atomic E-state index is 12.0. The Hall–Kier alpha value is -1.89. The molecule has 0 aliphatic rings. The minimum Gasteiger partial charge on any atom is -0.481 e. The Labute approximate surface area is 118 Å². The van der Waals surface area contributed by atoms with Crippen molar-refractivity contribution in [3.05, 3.63) is 18.0 Å². The van der Waals surface area contributed by atoms with Gasteiger partial charge in [0.25, 0.3) is 5.91 Å². The highest BCUT2D eigenvalue weighted by Gasteiger charge is 2.12. The smallest absolute Gasteiger partial charge is 0.305 e. The number of aromatic nitrogens is 2. The highest BCUT2D eigenvalue weighted by atomic mass is 16.4. The van der Waals surface area contributed by atoms with E-state index in [1.165, 1.54) is 10.9 Å². The molecule has 1 rings (SSSR count). The van der Waals surface area contributed by atoms with Crippen LogP contribution >= 0.6 is 0 Å². The van der Waals surface area contributed by atoms with Crippen molar-refractivity contribution in [3.63, 3.8) is 0 Å². The number of carbonyl (C=O) groups is 2. The monoisotopic (exact) mass is 282 g/mol. The summed E-state index contributed by atoms with van der Waals surface area (Å²) < 4.78 is 1.42. The first-order chi connectivity index (χ1) is 9.58. The molecule has 7 nitrogen and oxygen atoms in total. The van der Waals surface area contributed by atoms with E-state index in [1.807, 2.05) is 0 Å². The second-order valence-corrected chi connectivity index (χ2v) is 4.37. The standard InChI is InChI=1S/C13H22N4O3/c1-3-16(4-2)10-8-14-13(20)11-5-7-15-17(11)9-6-12(18)19/h5,7H,3-4,6,8-10H2,1-2H3,(H,14,20)(H,18,19). The molecule has 0 radical (unpaired) electrons. The van der Waals surface area contributed by atoms with Crippen molar-refractivity contribution >= 4 is 11.9 Å². The second kappa shape index (κ2) is 8.31.